The number of aryl methyl sites for hydroxylation is 2. The van der Waals surface area contributed by atoms with E-state index in [4.69, 9.17) is 9.47 Å². The van der Waals surface area contributed by atoms with Gasteiger partial charge in [0.25, 0.3) is 5.56 Å². The monoisotopic (exact) mass is 425 g/mol. The molecule has 3 aromatic rings. The van der Waals surface area contributed by atoms with Gasteiger partial charge in [0.15, 0.2) is 11.5 Å². The lowest BCUT2D eigenvalue weighted by Crippen LogP contribution is -2.23. The van der Waals surface area contributed by atoms with Crippen LogP contribution in [0.2, 0.25) is 0 Å². The zero-order valence-corrected chi connectivity index (χ0v) is 17.6. The Kier molecular flexibility index (Phi) is 4.94. The number of aromatic amines is 1. The Bertz CT molecular complexity index is 1180. The van der Waals surface area contributed by atoms with Gasteiger partial charge >= 0.3 is 0 Å². The zero-order chi connectivity index (χ0) is 20.7. The van der Waals surface area contributed by atoms with Gasteiger partial charge in [-0.2, -0.15) is 0 Å². The first-order valence-electron chi connectivity index (χ1n) is 10.3. The lowest BCUT2D eigenvalue weighted by molar-refractivity contribution is -0.121. The summed E-state index contributed by atoms with van der Waals surface area (Å²) in [6.45, 7) is 2.89. The Morgan fingerprint density at radius 1 is 1.33 bits per heavy atom. The number of fused-ring (bicyclic) bond motifs is 4. The molecule has 7 nitrogen and oxygen atoms in total. The van der Waals surface area contributed by atoms with Crippen molar-refractivity contribution in [3.8, 4) is 11.5 Å². The molecule has 1 aromatic carbocycles. The van der Waals surface area contributed by atoms with Crippen LogP contribution in [0.4, 0.5) is 0 Å². The molecule has 5 rings (SSSR count). The zero-order valence-electron chi connectivity index (χ0n) is 16.7. The van der Waals surface area contributed by atoms with Crippen LogP contribution in [0.25, 0.3) is 10.2 Å². The van der Waals surface area contributed by atoms with Crippen molar-refractivity contribution in [2.45, 2.75) is 45.6 Å². The molecule has 1 aliphatic heterocycles. The quantitative estimate of drug-likeness (QED) is 0.655. The third-order valence-electron chi connectivity index (χ3n) is 5.73. The van der Waals surface area contributed by atoms with Gasteiger partial charge in [0.1, 0.15) is 10.7 Å². The van der Waals surface area contributed by atoms with Crippen molar-refractivity contribution in [2.24, 2.45) is 5.92 Å². The SMILES string of the molecule is CC1CCc2c(sc3nc(CCC(=O)NCc4ccc5c(c4)OCO5)[nH]c(=O)c23)C1. The maximum Gasteiger partial charge on any atom is 0.259 e. The Labute approximate surface area is 177 Å². The highest BCUT2D eigenvalue weighted by Crippen LogP contribution is 2.35. The Morgan fingerprint density at radius 2 is 2.20 bits per heavy atom. The molecule has 1 unspecified atom stereocenters. The van der Waals surface area contributed by atoms with Crippen molar-refractivity contribution in [2.75, 3.05) is 6.79 Å². The van der Waals surface area contributed by atoms with Gasteiger partial charge in [-0.1, -0.05) is 13.0 Å². The molecule has 0 fully saturated rings. The molecular weight excluding hydrogens is 402 g/mol. The summed E-state index contributed by atoms with van der Waals surface area (Å²) < 4.78 is 10.7. The van der Waals surface area contributed by atoms with Crippen LogP contribution in [0, 0.1) is 5.92 Å². The van der Waals surface area contributed by atoms with Crippen molar-refractivity contribution in [1.82, 2.24) is 15.3 Å². The minimum atomic E-state index is -0.0882. The van der Waals surface area contributed by atoms with Crippen molar-refractivity contribution >= 4 is 27.5 Å². The fourth-order valence-electron chi connectivity index (χ4n) is 4.08. The van der Waals surface area contributed by atoms with Crippen LogP contribution in [0.3, 0.4) is 0 Å². The van der Waals surface area contributed by atoms with Crippen LogP contribution >= 0.6 is 11.3 Å². The van der Waals surface area contributed by atoms with Crippen LogP contribution in [-0.4, -0.2) is 22.7 Å². The average Bonchev–Trinajstić information content (AvgIpc) is 3.33. The summed E-state index contributed by atoms with van der Waals surface area (Å²) >= 11 is 1.63. The molecule has 8 heteroatoms. The first-order chi connectivity index (χ1) is 14.6. The summed E-state index contributed by atoms with van der Waals surface area (Å²) in [5.41, 5.74) is 2.04. The normalized spacial score (nSPS) is 17.2. The van der Waals surface area contributed by atoms with E-state index >= 15 is 0 Å². The van der Waals surface area contributed by atoms with E-state index in [1.165, 1.54) is 10.4 Å². The smallest absolute Gasteiger partial charge is 0.259 e. The summed E-state index contributed by atoms with van der Waals surface area (Å²) in [7, 11) is 0. The highest BCUT2D eigenvalue weighted by Gasteiger charge is 2.23. The number of nitrogens with one attached hydrogen (secondary N) is 2. The number of ether oxygens (including phenoxy) is 2. The molecule has 0 saturated carbocycles. The van der Waals surface area contributed by atoms with E-state index in [9.17, 15) is 9.59 Å². The average molecular weight is 426 g/mol. The molecule has 2 aliphatic rings. The number of carbonyl (C=O) groups is 1. The lowest BCUT2D eigenvalue weighted by atomic mass is 9.89. The van der Waals surface area contributed by atoms with Crippen molar-refractivity contribution in [3.63, 3.8) is 0 Å². The van der Waals surface area contributed by atoms with E-state index < -0.39 is 0 Å². The molecule has 156 valence electrons. The predicted molar refractivity (Wildman–Crippen MR) is 114 cm³/mol. The first kappa shape index (κ1) is 19.1. The number of hydrogen-bond acceptors (Lipinski definition) is 6. The number of aromatic nitrogens is 2. The number of nitrogens with zero attached hydrogens (tertiary/aromatic N) is 1. The second-order valence-electron chi connectivity index (χ2n) is 8.01. The van der Waals surface area contributed by atoms with Gasteiger partial charge in [0.2, 0.25) is 12.7 Å². The number of carbonyl (C=O) groups excluding carboxylic acids is 1. The van der Waals surface area contributed by atoms with Gasteiger partial charge in [-0.25, -0.2) is 4.98 Å². The highest BCUT2D eigenvalue weighted by molar-refractivity contribution is 7.18. The largest absolute Gasteiger partial charge is 0.454 e. The van der Waals surface area contributed by atoms with Gasteiger partial charge in [-0.05, 0) is 48.4 Å². The lowest BCUT2D eigenvalue weighted by Gasteiger charge is -2.17. The minimum absolute atomic E-state index is 0.0807. The van der Waals surface area contributed by atoms with Crippen molar-refractivity contribution in [1.29, 1.82) is 0 Å². The highest BCUT2D eigenvalue weighted by atomic mass is 32.1. The van der Waals surface area contributed by atoms with E-state index in [0.29, 0.717) is 30.5 Å². The molecule has 3 heterocycles. The van der Waals surface area contributed by atoms with Crippen LogP contribution in [0.1, 0.15) is 41.6 Å². The summed E-state index contributed by atoms with van der Waals surface area (Å²) in [6, 6.07) is 5.62. The standard InChI is InChI=1S/C22H23N3O4S/c1-12-2-4-14-17(8-12)30-22-20(14)21(27)24-18(25-22)6-7-19(26)23-10-13-3-5-15-16(9-13)29-11-28-15/h3,5,9,12H,2,4,6-8,10-11H2,1H3,(H,23,26)(H,24,25,27). The molecular formula is C22H23N3O4S. The van der Waals surface area contributed by atoms with Gasteiger partial charge in [-0.15, -0.1) is 11.3 Å². The van der Waals surface area contributed by atoms with E-state index in [-0.39, 0.29) is 24.7 Å². The van der Waals surface area contributed by atoms with Crippen molar-refractivity contribution in [3.05, 3.63) is 50.4 Å². The Balaban J connectivity index is 1.22. The first-order valence-corrected chi connectivity index (χ1v) is 11.1. The van der Waals surface area contributed by atoms with Crippen LogP contribution in [0.15, 0.2) is 23.0 Å². The van der Waals surface area contributed by atoms with Crippen molar-refractivity contribution < 1.29 is 14.3 Å². The van der Waals surface area contributed by atoms with Gasteiger partial charge in [-0.3, -0.25) is 9.59 Å². The molecule has 0 bridgehead atoms. The Morgan fingerprint density at radius 3 is 3.10 bits per heavy atom. The number of benzene rings is 1. The van der Waals surface area contributed by atoms with Gasteiger partial charge in [0.05, 0.1) is 5.39 Å². The van der Waals surface area contributed by atoms with E-state index in [1.54, 1.807) is 11.3 Å². The summed E-state index contributed by atoms with van der Waals surface area (Å²) in [4.78, 5) is 34.6. The van der Waals surface area contributed by atoms with Gasteiger partial charge in [0, 0.05) is 24.3 Å². The third kappa shape index (κ3) is 3.67. The second kappa shape index (κ2) is 7.75. The van der Waals surface area contributed by atoms with E-state index in [0.717, 1.165) is 40.8 Å². The minimum Gasteiger partial charge on any atom is -0.454 e. The molecule has 2 N–H and O–H groups in total. The van der Waals surface area contributed by atoms with Crippen LogP contribution in [0.5, 0.6) is 11.5 Å². The molecule has 1 atom stereocenters. The third-order valence-corrected chi connectivity index (χ3v) is 6.88. The number of thiophene rings is 1. The summed E-state index contributed by atoms with van der Waals surface area (Å²) in [5.74, 6) is 2.55. The maximum atomic E-state index is 12.7. The molecule has 0 radical (unpaired) electrons. The van der Waals surface area contributed by atoms with E-state index in [2.05, 4.69) is 22.2 Å². The van der Waals surface area contributed by atoms with E-state index in [1.807, 2.05) is 18.2 Å². The van der Waals surface area contributed by atoms with Crippen LogP contribution in [-0.2, 0) is 30.6 Å². The molecule has 30 heavy (non-hydrogen) atoms. The summed E-state index contributed by atoms with van der Waals surface area (Å²) in [6.07, 6.45) is 3.75. The number of hydrogen-bond donors (Lipinski definition) is 2. The molecule has 1 aliphatic carbocycles. The second-order valence-corrected chi connectivity index (χ2v) is 9.09. The topological polar surface area (TPSA) is 93.3 Å². The fraction of sp³-hybridized carbons (Fsp3) is 0.409. The molecule has 0 spiro atoms. The molecule has 1 amide bonds. The Hall–Kier alpha value is -2.87. The fourth-order valence-corrected chi connectivity index (χ4v) is 5.49. The number of H-pyrrole nitrogens is 1. The van der Waals surface area contributed by atoms with Crippen LogP contribution < -0.4 is 20.3 Å². The molecule has 0 saturated heterocycles. The molecule has 2 aromatic heterocycles. The maximum absolute atomic E-state index is 12.7. The summed E-state index contributed by atoms with van der Waals surface area (Å²) in [5, 5.41) is 3.65. The van der Waals surface area contributed by atoms with Gasteiger partial charge < -0.3 is 19.8 Å². The number of rotatable bonds is 5. The predicted octanol–water partition coefficient (Wildman–Crippen LogP) is 3.09. The number of amides is 1.